The maximum absolute atomic E-state index is 12.4. The molecule has 2 aliphatic rings. The Morgan fingerprint density at radius 1 is 1.27 bits per heavy atom. The van der Waals surface area contributed by atoms with Gasteiger partial charge in [0.15, 0.2) is 0 Å². The van der Waals surface area contributed by atoms with Gasteiger partial charge in [-0.05, 0) is 12.0 Å². The van der Waals surface area contributed by atoms with E-state index in [1.54, 1.807) is 0 Å². The zero-order chi connectivity index (χ0) is 15.5. The molecular formula is C15H20N4O3. The van der Waals surface area contributed by atoms with Gasteiger partial charge in [-0.1, -0.05) is 30.3 Å². The molecular weight excluding hydrogens is 284 g/mol. The van der Waals surface area contributed by atoms with E-state index in [9.17, 15) is 14.9 Å². The van der Waals surface area contributed by atoms with Crippen LogP contribution in [0.5, 0.6) is 0 Å². The number of rotatable bonds is 4. The van der Waals surface area contributed by atoms with Gasteiger partial charge >= 0.3 is 0 Å². The lowest BCUT2D eigenvalue weighted by Gasteiger charge is -2.28. The maximum Gasteiger partial charge on any atom is 0.239 e. The second kappa shape index (κ2) is 6.41. The van der Waals surface area contributed by atoms with Gasteiger partial charge in [-0.15, -0.1) is 0 Å². The molecule has 0 spiro atoms. The van der Waals surface area contributed by atoms with Crippen LogP contribution in [0.4, 0.5) is 0 Å². The van der Waals surface area contributed by atoms with Crippen LogP contribution in [0, 0.1) is 16.0 Å². The maximum atomic E-state index is 12.4. The average Bonchev–Trinajstić information content (AvgIpc) is 2.96. The van der Waals surface area contributed by atoms with Crippen LogP contribution in [0.2, 0.25) is 0 Å². The molecule has 118 valence electrons. The van der Waals surface area contributed by atoms with Crippen molar-refractivity contribution >= 4 is 5.91 Å². The summed E-state index contributed by atoms with van der Waals surface area (Å²) in [6, 6.07) is 8.89. The monoisotopic (exact) mass is 304 g/mol. The number of carbonyl (C=O) groups is 1. The van der Waals surface area contributed by atoms with Crippen molar-refractivity contribution in [3.63, 3.8) is 0 Å². The third kappa shape index (κ3) is 3.10. The molecule has 1 aromatic carbocycles. The molecule has 1 heterocycles. The molecule has 1 amide bonds. The molecule has 4 unspecified atom stereocenters. The van der Waals surface area contributed by atoms with Crippen molar-refractivity contribution < 1.29 is 9.72 Å². The molecule has 1 aromatic rings. The Bertz CT molecular complexity index is 551. The third-order valence-corrected chi connectivity index (χ3v) is 4.61. The predicted octanol–water partition coefficient (Wildman–Crippen LogP) is 0.593. The summed E-state index contributed by atoms with van der Waals surface area (Å²) in [5.74, 6) is -0.132. The van der Waals surface area contributed by atoms with Gasteiger partial charge in [-0.3, -0.25) is 20.3 Å². The lowest BCUT2D eigenvalue weighted by molar-refractivity contribution is -0.528. The van der Waals surface area contributed by atoms with E-state index in [4.69, 9.17) is 0 Å². The molecule has 3 N–H and O–H groups in total. The van der Waals surface area contributed by atoms with E-state index in [-0.39, 0.29) is 22.8 Å². The minimum atomic E-state index is -0.535. The van der Waals surface area contributed by atoms with Crippen LogP contribution >= 0.6 is 0 Å². The van der Waals surface area contributed by atoms with E-state index in [2.05, 4.69) is 16.2 Å². The fourth-order valence-electron chi connectivity index (χ4n) is 3.38. The van der Waals surface area contributed by atoms with Crippen molar-refractivity contribution in [2.45, 2.75) is 43.9 Å². The summed E-state index contributed by atoms with van der Waals surface area (Å²) in [6.07, 6.45) is 1.74. The predicted molar refractivity (Wildman–Crippen MR) is 80.3 cm³/mol. The summed E-state index contributed by atoms with van der Waals surface area (Å²) in [4.78, 5) is 23.1. The van der Waals surface area contributed by atoms with Gasteiger partial charge in [0.1, 0.15) is 6.04 Å². The van der Waals surface area contributed by atoms with Crippen molar-refractivity contribution in [1.82, 2.24) is 16.2 Å². The molecule has 1 saturated heterocycles. The molecule has 1 saturated carbocycles. The zero-order valence-electron chi connectivity index (χ0n) is 12.2. The summed E-state index contributed by atoms with van der Waals surface area (Å²) >= 11 is 0. The number of benzene rings is 1. The van der Waals surface area contributed by atoms with Gasteiger partial charge in [0.25, 0.3) is 0 Å². The van der Waals surface area contributed by atoms with E-state index in [1.807, 2.05) is 30.3 Å². The summed E-state index contributed by atoms with van der Waals surface area (Å²) in [7, 11) is 0. The first-order valence-corrected chi connectivity index (χ1v) is 7.61. The first kappa shape index (κ1) is 14.9. The van der Waals surface area contributed by atoms with Gasteiger partial charge in [-0.2, -0.15) is 0 Å². The van der Waals surface area contributed by atoms with Gasteiger partial charge in [0, 0.05) is 36.3 Å². The van der Waals surface area contributed by atoms with Crippen molar-refractivity contribution in [2.24, 2.45) is 5.92 Å². The highest BCUT2D eigenvalue weighted by Crippen LogP contribution is 2.31. The van der Waals surface area contributed by atoms with E-state index < -0.39 is 12.1 Å². The van der Waals surface area contributed by atoms with Crippen molar-refractivity contribution in [3.05, 3.63) is 46.0 Å². The smallest absolute Gasteiger partial charge is 0.239 e. The Morgan fingerprint density at radius 2 is 2.05 bits per heavy atom. The molecule has 1 aliphatic heterocycles. The fraction of sp³-hybridized carbons (Fsp3) is 0.533. The highest BCUT2D eigenvalue weighted by atomic mass is 16.6. The van der Waals surface area contributed by atoms with E-state index >= 15 is 0 Å². The van der Waals surface area contributed by atoms with E-state index in [1.165, 1.54) is 0 Å². The Hall–Kier alpha value is -1.99. The topological polar surface area (TPSA) is 96.3 Å². The third-order valence-electron chi connectivity index (χ3n) is 4.61. The largest absolute Gasteiger partial charge is 0.351 e. The molecule has 2 fully saturated rings. The molecule has 1 aliphatic carbocycles. The highest BCUT2D eigenvalue weighted by Gasteiger charge is 2.46. The molecule has 0 aromatic heterocycles. The van der Waals surface area contributed by atoms with E-state index in [0.717, 1.165) is 12.0 Å². The number of carbonyl (C=O) groups excluding carboxylic acids is 1. The number of hydrogen-bond donors (Lipinski definition) is 3. The van der Waals surface area contributed by atoms with Crippen LogP contribution in [0.3, 0.4) is 0 Å². The molecule has 7 heteroatoms. The molecule has 0 bridgehead atoms. The summed E-state index contributed by atoms with van der Waals surface area (Å²) in [5.41, 5.74) is 7.16. The quantitative estimate of drug-likeness (QED) is 0.559. The van der Waals surface area contributed by atoms with Crippen LogP contribution < -0.4 is 16.2 Å². The molecule has 22 heavy (non-hydrogen) atoms. The minimum Gasteiger partial charge on any atom is -0.351 e. The van der Waals surface area contributed by atoms with Crippen LogP contribution in [0.1, 0.15) is 24.8 Å². The minimum absolute atomic E-state index is 0.0278. The summed E-state index contributed by atoms with van der Waals surface area (Å²) < 4.78 is 0. The molecule has 3 rings (SSSR count). The lowest BCUT2D eigenvalue weighted by Crippen LogP contribution is -2.46. The van der Waals surface area contributed by atoms with Crippen molar-refractivity contribution in [1.29, 1.82) is 0 Å². The Kier molecular flexibility index (Phi) is 4.35. The number of fused-ring (bicyclic) bond motifs is 1. The van der Waals surface area contributed by atoms with Crippen LogP contribution in [0.25, 0.3) is 0 Å². The Balaban J connectivity index is 1.59. The SMILES string of the molecule is O=C(NCc1ccccc1)C1NNC2CCC([N+](=O)[O-])CC21. The zero-order valence-corrected chi connectivity index (χ0v) is 12.2. The molecule has 7 nitrogen and oxygen atoms in total. The lowest BCUT2D eigenvalue weighted by atomic mass is 9.79. The van der Waals surface area contributed by atoms with Crippen molar-refractivity contribution in [2.75, 3.05) is 0 Å². The summed E-state index contributed by atoms with van der Waals surface area (Å²) in [6.45, 7) is 0.466. The first-order chi connectivity index (χ1) is 10.6. The number of nitrogens with one attached hydrogen (secondary N) is 3. The second-order valence-electron chi connectivity index (χ2n) is 5.99. The molecule has 0 radical (unpaired) electrons. The van der Waals surface area contributed by atoms with Gasteiger partial charge in [-0.25, -0.2) is 5.43 Å². The number of hydrogen-bond acceptors (Lipinski definition) is 5. The number of hydrazine groups is 1. The van der Waals surface area contributed by atoms with Crippen LogP contribution in [-0.2, 0) is 11.3 Å². The Labute approximate surface area is 128 Å². The average molecular weight is 304 g/mol. The van der Waals surface area contributed by atoms with Gasteiger partial charge in [0.2, 0.25) is 11.9 Å². The van der Waals surface area contributed by atoms with Crippen LogP contribution in [0.15, 0.2) is 30.3 Å². The fourth-order valence-corrected chi connectivity index (χ4v) is 3.38. The second-order valence-corrected chi connectivity index (χ2v) is 5.99. The van der Waals surface area contributed by atoms with E-state index in [0.29, 0.717) is 19.4 Å². The standard InChI is InChI=1S/C15H20N4O3/c20-15(16-9-10-4-2-1-3-5-10)14-12-8-11(19(21)22)6-7-13(12)17-18-14/h1-5,11-14,17-18H,6-9H2,(H,16,20). The highest BCUT2D eigenvalue weighted by molar-refractivity contribution is 5.82. The normalized spacial score (nSPS) is 30.5. The number of nitro groups is 1. The van der Waals surface area contributed by atoms with Crippen LogP contribution in [-0.4, -0.2) is 29.0 Å². The number of amides is 1. The molecule has 4 atom stereocenters. The van der Waals surface area contributed by atoms with Crippen molar-refractivity contribution in [3.8, 4) is 0 Å². The van der Waals surface area contributed by atoms with Gasteiger partial charge in [0.05, 0.1) is 0 Å². The summed E-state index contributed by atoms with van der Waals surface area (Å²) in [5, 5.41) is 13.9. The van der Waals surface area contributed by atoms with Gasteiger partial charge < -0.3 is 5.32 Å². The first-order valence-electron chi connectivity index (χ1n) is 7.61. The number of nitrogens with zero attached hydrogens (tertiary/aromatic N) is 1. The Morgan fingerprint density at radius 3 is 2.77 bits per heavy atom.